The molecule has 0 spiro atoms. The molecule has 2 aromatic heterocycles. The average molecular weight is 546 g/mol. The number of sulfonamides is 1. The third kappa shape index (κ3) is 5.38. The van der Waals surface area contributed by atoms with Crippen LogP contribution in [0.4, 0.5) is 0 Å². The molecule has 1 saturated heterocycles. The summed E-state index contributed by atoms with van der Waals surface area (Å²) in [6.07, 6.45) is 2.48. The van der Waals surface area contributed by atoms with Gasteiger partial charge >= 0.3 is 0 Å². The Morgan fingerprint density at radius 1 is 1.11 bits per heavy atom. The van der Waals surface area contributed by atoms with Gasteiger partial charge in [0, 0.05) is 45.0 Å². The molecule has 1 aliphatic heterocycles. The molecule has 0 radical (unpaired) electrons. The van der Waals surface area contributed by atoms with E-state index in [0.717, 1.165) is 30.5 Å². The van der Waals surface area contributed by atoms with E-state index in [1.807, 2.05) is 30.2 Å². The first kappa shape index (κ1) is 28.3. The summed E-state index contributed by atoms with van der Waals surface area (Å²) in [5.74, 6) is 0.772. The van der Waals surface area contributed by atoms with Crippen LogP contribution in [0.1, 0.15) is 44.9 Å². The summed E-state index contributed by atoms with van der Waals surface area (Å²) < 4.78 is 36.6. The van der Waals surface area contributed by atoms with Crippen LogP contribution < -0.4 is 10.3 Å². The highest BCUT2D eigenvalue weighted by Crippen LogP contribution is 2.33. The van der Waals surface area contributed by atoms with E-state index < -0.39 is 10.0 Å². The Morgan fingerprint density at radius 2 is 1.84 bits per heavy atom. The number of aromatic nitrogens is 3. The van der Waals surface area contributed by atoms with Crippen LogP contribution in [0.5, 0.6) is 5.75 Å². The molecule has 1 aromatic carbocycles. The Labute approximate surface area is 224 Å². The van der Waals surface area contributed by atoms with Crippen LogP contribution in [0, 0.1) is 6.92 Å². The number of hydrogen-bond donors (Lipinski definition) is 2. The van der Waals surface area contributed by atoms with Crippen LogP contribution in [-0.4, -0.2) is 83.2 Å². The maximum Gasteiger partial charge on any atom is 0.275 e. The standard InChI is InChI=1S/C27H39N5O5S/c1-5-8-21-19(4)32(7-3)25-24(21)28-26(29-27(25)34)22-18-20(9-10-23(22)37-17-6-2)38(35,36)31-13-11-30(12-14-31)15-16-33/h9-10,18,33H,5-8,11-17H2,1-4H3,(H,28,29,34). The molecule has 208 valence electrons. The van der Waals surface area contributed by atoms with E-state index >= 15 is 0 Å². The third-order valence-corrected chi connectivity index (χ3v) is 9.06. The number of hydrogen-bond acceptors (Lipinski definition) is 7. The van der Waals surface area contributed by atoms with Crippen LogP contribution in [-0.2, 0) is 23.0 Å². The van der Waals surface area contributed by atoms with Gasteiger partial charge in [-0.3, -0.25) is 9.69 Å². The number of benzene rings is 1. The lowest BCUT2D eigenvalue weighted by atomic mass is 10.1. The average Bonchev–Trinajstić information content (AvgIpc) is 3.19. The molecule has 3 aromatic rings. The molecule has 38 heavy (non-hydrogen) atoms. The minimum Gasteiger partial charge on any atom is -0.493 e. The number of β-amino-alcohol motifs (C(OH)–C–C–N with tert-alkyl or cyclic N) is 1. The van der Waals surface area contributed by atoms with Crippen molar-refractivity contribution in [3.8, 4) is 17.1 Å². The molecule has 4 rings (SSSR count). The van der Waals surface area contributed by atoms with Crippen molar-refractivity contribution in [3.63, 3.8) is 0 Å². The molecule has 0 amide bonds. The van der Waals surface area contributed by atoms with Gasteiger partial charge in [-0.15, -0.1) is 0 Å². The number of piperazine rings is 1. The molecule has 1 fully saturated rings. The van der Waals surface area contributed by atoms with Crippen LogP contribution in [0.15, 0.2) is 27.9 Å². The van der Waals surface area contributed by atoms with E-state index in [1.54, 1.807) is 18.2 Å². The zero-order chi connectivity index (χ0) is 27.4. The smallest absolute Gasteiger partial charge is 0.275 e. The predicted molar refractivity (Wildman–Crippen MR) is 148 cm³/mol. The van der Waals surface area contributed by atoms with Crippen molar-refractivity contribution in [2.75, 3.05) is 45.9 Å². The monoisotopic (exact) mass is 545 g/mol. The van der Waals surface area contributed by atoms with E-state index in [-0.39, 0.29) is 17.1 Å². The lowest BCUT2D eigenvalue weighted by Crippen LogP contribution is -2.49. The van der Waals surface area contributed by atoms with Gasteiger partial charge in [0.15, 0.2) is 0 Å². The fraction of sp³-hybridized carbons (Fsp3) is 0.556. The van der Waals surface area contributed by atoms with Gasteiger partial charge in [0.05, 0.1) is 29.2 Å². The summed E-state index contributed by atoms with van der Waals surface area (Å²) in [6.45, 7) is 11.6. The maximum absolute atomic E-state index is 13.6. The number of nitrogens with zero attached hydrogens (tertiary/aromatic N) is 4. The fourth-order valence-electron chi connectivity index (χ4n) is 5.18. The predicted octanol–water partition coefficient (Wildman–Crippen LogP) is 2.76. The zero-order valence-corrected chi connectivity index (χ0v) is 23.6. The largest absolute Gasteiger partial charge is 0.493 e. The number of aliphatic hydroxyl groups excluding tert-OH is 1. The van der Waals surface area contributed by atoms with E-state index in [0.29, 0.717) is 74.0 Å². The summed E-state index contributed by atoms with van der Waals surface area (Å²) >= 11 is 0. The van der Waals surface area contributed by atoms with Gasteiger partial charge in [-0.05, 0) is 50.5 Å². The van der Waals surface area contributed by atoms with Gasteiger partial charge in [-0.25, -0.2) is 13.4 Å². The number of nitrogens with one attached hydrogen (secondary N) is 1. The minimum atomic E-state index is -3.78. The lowest BCUT2D eigenvalue weighted by molar-refractivity contribution is 0.151. The number of aliphatic hydroxyl groups is 1. The van der Waals surface area contributed by atoms with Gasteiger partial charge in [-0.2, -0.15) is 4.31 Å². The maximum atomic E-state index is 13.6. The first-order valence-electron chi connectivity index (χ1n) is 13.5. The highest BCUT2D eigenvalue weighted by Gasteiger charge is 2.30. The van der Waals surface area contributed by atoms with Gasteiger partial charge in [-0.1, -0.05) is 20.3 Å². The Hall–Kier alpha value is -2.73. The van der Waals surface area contributed by atoms with Crippen LogP contribution in [0.25, 0.3) is 22.4 Å². The molecule has 11 heteroatoms. The highest BCUT2D eigenvalue weighted by atomic mass is 32.2. The van der Waals surface area contributed by atoms with Crippen molar-refractivity contribution in [1.29, 1.82) is 0 Å². The van der Waals surface area contributed by atoms with Crippen molar-refractivity contribution in [2.45, 2.75) is 58.4 Å². The van der Waals surface area contributed by atoms with Crippen LogP contribution in [0.2, 0.25) is 0 Å². The second-order valence-corrected chi connectivity index (χ2v) is 11.6. The second-order valence-electron chi connectivity index (χ2n) is 9.65. The van der Waals surface area contributed by atoms with Crippen molar-refractivity contribution >= 4 is 21.1 Å². The number of H-pyrrole nitrogens is 1. The van der Waals surface area contributed by atoms with Crippen LogP contribution in [0.3, 0.4) is 0 Å². The molecule has 0 aliphatic carbocycles. The summed E-state index contributed by atoms with van der Waals surface area (Å²) in [5.41, 5.74) is 3.45. The normalized spacial score (nSPS) is 15.4. The number of fused-ring (bicyclic) bond motifs is 1. The topological polar surface area (TPSA) is 121 Å². The number of ether oxygens (including phenoxy) is 1. The van der Waals surface area contributed by atoms with E-state index in [2.05, 4.69) is 11.9 Å². The summed E-state index contributed by atoms with van der Waals surface area (Å²) in [7, 11) is -3.78. The van der Waals surface area contributed by atoms with E-state index in [9.17, 15) is 18.3 Å². The molecule has 10 nitrogen and oxygen atoms in total. The highest BCUT2D eigenvalue weighted by molar-refractivity contribution is 7.89. The molecule has 0 atom stereocenters. The fourth-order valence-corrected chi connectivity index (χ4v) is 6.63. The third-order valence-electron chi connectivity index (χ3n) is 7.16. The Morgan fingerprint density at radius 3 is 2.47 bits per heavy atom. The SMILES string of the molecule is CCCOc1ccc(S(=O)(=O)N2CCN(CCO)CC2)cc1-c1nc2c(CCC)c(C)n(CC)c2c(=O)[nH]1. The van der Waals surface area contributed by atoms with E-state index in [4.69, 9.17) is 9.72 Å². The quantitative estimate of drug-likeness (QED) is 0.380. The van der Waals surface area contributed by atoms with Gasteiger partial charge in [0.25, 0.3) is 5.56 Å². The summed E-state index contributed by atoms with van der Waals surface area (Å²) in [5, 5.41) is 9.19. The first-order chi connectivity index (χ1) is 18.3. The Kier molecular flexibility index (Phi) is 8.92. The number of aryl methyl sites for hydroxylation is 2. The molecule has 2 N–H and O–H groups in total. The summed E-state index contributed by atoms with van der Waals surface area (Å²) in [4.78, 5) is 23.3. The number of rotatable bonds is 11. The Bertz CT molecular complexity index is 1440. The van der Waals surface area contributed by atoms with Crippen molar-refractivity contribution in [1.82, 2.24) is 23.7 Å². The molecule has 0 bridgehead atoms. The molecule has 1 aliphatic rings. The lowest BCUT2D eigenvalue weighted by Gasteiger charge is -2.33. The minimum absolute atomic E-state index is 0.0476. The zero-order valence-electron chi connectivity index (χ0n) is 22.8. The molecule has 0 unspecified atom stereocenters. The van der Waals surface area contributed by atoms with Gasteiger partial charge in [0.1, 0.15) is 17.1 Å². The molecular weight excluding hydrogens is 506 g/mol. The van der Waals surface area contributed by atoms with Crippen LogP contribution >= 0.6 is 0 Å². The first-order valence-corrected chi connectivity index (χ1v) is 14.9. The van der Waals surface area contributed by atoms with Crippen molar-refractivity contribution < 1.29 is 18.3 Å². The van der Waals surface area contributed by atoms with Crippen molar-refractivity contribution in [3.05, 3.63) is 39.8 Å². The van der Waals surface area contributed by atoms with Crippen molar-refractivity contribution in [2.24, 2.45) is 0 Å². The molecule has 3 heterocycles. The second kappa shape index (κ2) is 12.0. The Balaban J connectivity index is 1.82. The number of aromatic amines is 1. The summed E-state index contributed by atoms with van der Waals surface area (Å²) in [6, 6.07) is 4.77. The van der Waals surface area contributed by atoms with E-state index in [1.165, 1.54) is 4.31 Å². The van der Waals surface area contributed by atoms with Gasteiger partial charge < -0.3 is 19.4 Å². The molecule has 0 saturated carbocycles. The molecular formula is C27H39N5O5S. The van der Waals surface area contributed by atoms with Gasteiger partial charge in [0.2, 0.25) is 10.0 Å².